The normalized spacial score (nSPS) is 20.0. The molecule has 1 aliphatic rings. The summed E-state index contributed by atoms with van der Waals surface area (Å²) in [6.07, 6.45) is 2.97. The van der Waals surface area contributed by atoms with Gasteiger partial charge < -0.3 is 10.1 Å². The Balaban J connectivity index is 1.56. The number of thiophene rings is 1. The minimum atomic E-state index is -0.126. The van der Waals surface area contributed by atoms with E-state index in [0.717, 1.165) is 24.8 Å². The summed E-state index contributed by atoms with van der Waals surface area (Å²) < 4.78 is 6.02. The van der Waals surface area contributed by atoms with Crippen LogP contribution in [0.1, 0.15) is 51.8 Å². The number of Topliss-reactive ketones (excluding diaryl/α,β-unsaturated/α-hetero) is 1. The van der Waals surface area contributed by atoms with Crippen molar-refractivity contribution < 1.29 is 14.3 Å². The van der Waals surface area contributed by atoms with Gasteiger partial charge in [0.25, 0.3) is 5.91 Å². The molecule has 4 nitrogen and oxygen atoms in total. The molecule has 1 aromatic carbocycles. The third-order valence-corrected chi connectivity index (χ3v) is 5.32. The highest BCUT2D eigenvalue weighted by molar-refractivity contribution is 7.12. The monoisotopic (exact) mass is 343 g/mol. The second-order valence-electron chi connectivity index (χ2n) is 6.10. The maximum atomic E-state index is 12.4. The van der Waals surface area contributed by atoms with E-state index in [1.165, 1.54) is 18.3 Å². The molecule has 0 spiro atoms. The molecule has 24 heavy (non-hydrogen) atoms. The molecule has 2 atom stereocenters. The predicted octanol–water partition coefficient (Wildman–Crippen LogP) is 3.82. The van der Waals surface area contributed by atoms with Gasteiger partial charge in [0.15, 0.2) is 5.78 Å². The Labute approximate surface area is 145 Å². The number of amides is 1. The van der Waals surface area contributed by atoms with Crippen molar-refractivity contribution in [1.29, 1.82) is 0 Å². The number of ketones is 1. The van der Waals surface area contributed by atoms with E-state index in [0.29, 0.717) is 17.0 Å². The third-order valence-electron chi connectivity index (χ3n) is 4.28. The fourth-order valence-electron chi connectivity index (χ4n) is 2.96. The van der Waals surface area contributed by atoms with Crippen LogP contribution in [0, 0.1) is 0 Å². The maximum Gasteiger partial charge on any atom is 0.252 e. The van der Waals surface area contributed by atoms with Gasteiger partial charge in [-0.2, -0.15) is 0 Å². The molecule has 0 radical (unpaired) electrons. The highest BCUT2D eigenvalue weighted by Gasteiger charge is 2.29. The second kappa shape index (κ2) is 7.73. The number of carbonyl (C=O) groups is 2. The minimum Gasteiger partial charge on any atom is -0.371 e. The number of nitrogens with one attached hydrogen (secondary N) is 1. The first kappa shape index (κ1) is 16.9. The van der Waals surface area contributed by atoms with Crippen LogP contribution in [0.3, 0.4) is 0 Å². The van der Waals surface area contributed by atoms with Gasteiger partial charge in [-0.3, -0.25) is 9.59 Å². The fourth-order valence-corrected chi connectivity index (χ4v) is 3.75. The van der Waals surface area contributed by atoms with Crippen molar-refractivity contribution in [2.45, 2.75) is 44.9 Å². The molecule has 1 aliphatic carbocycles. The van der Waals surface area contributed by atoms with Crippen LogP contribution in [0.25, 0.3) is 0 Å². The van der Waals surface area contributed by atoms with Crippen LogP contribution in [0.15, 0.2) is 41.8 Å². The van der Waals surface area contributed by atoms with Crippen molar-refractivity contribution >= 4 is 23.0 Å². The summed E-state index contributed by atoms with van der Waals surface area (Å²) in [5, 5.41) is 4.80. The summed E-state index contributed by atoms with van der Waals surface area (Å²) in [6.45, 7) is 2.07. The van der Waals surface area contributed by atoms with Gasteiger partial charge in [-0.25, -0.2) is 0 Å². The smallest absolute Gasteiger partial charge is 0.252 e. The van der Waals surface area contributed by atoms with Gasteiger partial charge in [0.2, 0.25) is 0 Å². The Hall–Kier alpha value is -1.98. The number of ether oxygens (including phenoxy) is 1. The van der Waals surface area contributed by atoms with Crippen LogP contribution in [-0.2, 0) is 11.3 Å². The zero-order chi connectivity index (χ0) is 16.9. The molecule has 126 valence electrons. The molecule has 1 heterocycles. The standard InChI is InChI=1S/C19H21NO3S/c1-13(21)18-10-15(12-24-18)19(22)20-16-8-5-9-17(16)23-11-14-6-3-2-4-7-14/h2-4,6-7,10,12,16-17H,5,8-9,11H2,1H3,(H,20,22)/t16-,17-/m1/s1. The first-order valence-electron chi connectivity index (χ1n) is 8.19. The zero-order valence-electron chi connectivity index (χ0n) is 13.7. The number of carbonyl (C=O) groups excluding carboxylic acids is 2. The summed E-state index contributed by atoms with van der Waals surface area (Å²) >= 11 is 1.31. The summed E-state index contributed by atoms with van der Waals surface area (Å²) in [4.78, 5) is 24.4. The van der Waals surface area contributed by atoms with E-state index in [1.54, 1.807) is 11.4 Å². The molecule has 1 saturated carbocycles. The van der Waals surface area contributed by atoms with Crippen molar-refractivity contribution in [1.82, 2.24) is 5.32 Å². The van der Waals surface area contributed by atoms with Gasteiger partial charge in [-0.1, -0.05) is 30.3 Å². The van der Waals surface area contributed by atoms with E-state index in [4.69, 9.17) is 4.74 Å². The Bertz CT molecular complexity index is 710. The molecule has 0 unspecified atom stereocenters. The summed E-state index contributed by atoms with van der Waals surface area (Å²) in [6, 6.07) is 11.7. The average molecular weight is 343 g/mol. The van der Waals surface area contributed by atoms with Crippen LogP contribution >= 0.6 is 11.3 Å². The number of hydrogen-bond donors (Lipinski definition) is 1. The summed E-state index contributed by atoms with van der Waals surface area (Å²) in [7, 11) is 0. The molecular formula is C19H21NO3S. The highest BCUT2D eigenvalue weighted by Crippen LogP contribution is 2.24. The van der Waals surface area contributed by atoms with Gasteiger partial charge in [0.05, 0.1) is 29.2 Å². The van der Waals surface area contributed by atoms with E-state index < -0.39 is 0 Å². The van der Waals surface area contributed by atoms with Crippen LogP contribution in [0.4, 0.5) is 0 Å². The second-order valence-corrected chi connectivity index (χ2v) is 7.01. The quantitative estimate of drug-likeness (QED) is 0.811. The Morgan fingerprint density at radius 2 is 2.04 bits per heavy atom. The van der Waals surface area contributed by atoms with Crippen LogP contribution < -0.4 is 5.32 Å². The van der Waals surface area contributed by atoms with E-state index >= 15 is 0 Å². The highest BCUT2D eigenvalue weighted by atomic mass is 32.1. The van der Waals surface area contributed by atoms with E-state index in [1.807, 2.05) is 30.3 Å². The third kappa shape index (κ3) is 4.10. The number of benzene rings is 1. The SMILES string of the molecule is CC(=O)c1cc(C(=O)N[C@@H]2CCC[C@H]2OCc2ccccc2)cs1. The lowest BCUT2D eigenvalue weighted by atomic mass is 10.2. The molecule has 0 aliphatic heterocycles. The maximum absolute atomic E-state index is 12.4. The molecule has 1 aromatic heterocycles. The van der Waals surface area contributed by atoms with Crippen molar-refractivity contribution in [3.8, 4) is 0 Å². The first-order valence-corrected chi connectivity index (χ1v) is 9.07. The van der Waals surface area contributed by atoms with Crippen molar-refractivity contribution in [3.05, 3.63) is 57.8 Å². The van der Waals surface area contributed by atoms with E-state index in [9.17, 15) is 9.59 Å². The number of rotatable bonds is 6. The van der Waals surface area contributed by atoms with Crippen LogP contribution in [0.5, 0.6) is 0 Å². The lowest BCUT2D eigenvalue weighted by molar-refractivity contribution is 0.0272. The van der Waals surface area contributed by atoms with E-state index in [2.05, 4.69) is 5.32 Å². The minimum absolute atomic E-state index is 0.0102. The van der Waals surface area contributed by atoms with Gasteiger partial charge in [-0.05, 0) is 37.8 Å². The molecule has 3 rings (SSSR count). The molecule has 0 saturated heterocycles. The van der Waals surface area contributed by atoms with Gasteiger partial charge in [-0.15, -0.1) is 11.3 Å². The number of hydrogen-bond acceptors (Lipinski definition) is 4. The molecular weight excluding hydrogens is 322 g/mol. The zero-order valence-corrected chi connectivity index (χ0v) is 14.5. The Kier molecular flexibility index (Phi) is 5.43. The van der Waals surface area contributed by atoms with Gasteiger partial charge in [0.1, 0.15) is 0 Å². The van der Waals surface area contributed by atoms with Crippen LogP contribution in [-0.4, -0.2) is 23.8 Å². The van der Waals surface area contributed by atoms with Gasteiger partial charge in [0, 0.05) is 5.38 Å². The van der Waals surface area contributed by atoms with Gasteiger partial charge >= 0.3 is 0 Å². The molecule has 5 heteroatoms. The summed E-state index contributed by atoms with van der Waals surface area (Å²) in [5.74, 6) is -0.136. The Morgan fingerprint density at radius 3 is 2.75 bits per heavy atom. The lowest BCUT2D eigenvalue weighted by Crippen LogP contribution is -2.41. The largest absolute Gasteiger partial charge is 0.371 e. The average Bonchev–Trinajstić information content (AvgIpc) is 3.23. The van der Waals surface area contributed by atoms with E-state index in [-0.39, 0.29) is 23.8 Å². The first-order chi connectivity index (χ1) is 11.6. The molecule has 1 fully saturated rings. The topological polar surface area (TPSA) is 55.4 Å². The molecule has 2 aromatic rings. The van der Waals surface area contributed by atoms with Crippen molar-refractivity contribution in [2.75, 3.05) is 0 Å². The fraction of sp³-hybridized carbons (Fsp3) is 0.368. The molecule has 1 N–H and O–H groups in total. The van der Waals surface area contributed by atoms with Crippen molar-refractivity contribution in [2.24, 2.45) is 0 Å². The Morgan fingerprint density at radius 1 is 1.25 bits per heavy atom. The lowest BCUT2D eigenvalue weighted by Gasteiger charge is -2.21. The van der Waals surface area contributed by atoms with Crippen molar-refractivity contribution in [3.63, 3.8) is 0 Å². The molecule has 1 amide bonds. The summed E-state index contributed by atoms with van der Waals surface area (Å²) in [5.41, 5.74) is 1.69. The molecule has 0 bridgehead atoms. The van der Waals surface area contributed by atoms with Crippen LogP contribution in [0.2, 0.25) is 0 Å². The predicted molar refractivity (Wildman–Crippen MR) is 94.4 cm³/mol.